The van der Waals surface area contributed by atoms with Gasteiger partial charge in [-0.15, -0.1) is 0 Å². The SMILES string of the molecule is Fc1ccc(Nc2ncnc3cc(C#C[C@H]4CCCO4)ccc23)cc1Cl. The molecule has 1 N–H and O–H groups in total. The number of nitrogens with one attached hydrogen (secondary N) is 1. The van der Waals surface area contributed by atoms with E-state index in [0.717, 1.165) is 35.9 Å². The summed E-state index contributed by atoms with van der Waals surface area (Å²) in [6, 6.07) is 10.2. The van der Waals surface area contributed by atoms with E-state index in [4.69, 9.17) is 16.3 Å². The second-order valence-corrected chi connectivity index (χ2v) is 6.39. The van der Waals surface area contributed by atoms with Crippen LogP contribution in [0.4, 0.5) is 15.9 Å². The predicted octanol–water partition coefficient (Wildman–Crippen LogP) is 4.70. The third kappa shape index (κ3) is 3.62. The smallest absolute Gasteiger partial charge is 0.141 e. The average Bonchev–Trinajstić information content (AvgIpc) is 3.17. The van der Waals surface area contributed by atoms with Crippen LogP contribution >= 0.6 is 11.6 Å². The second kappa shape index (κ2) is 7.28. The van der Waals surface area contributed by atoms with E-state index in [1.54, 1.807) is 6.07 Å². The zero-order valence-corrected chi connectivity index (χ0v) is 14.6. The first-order valence-corrected chi connectivity index (χ1v) is 8.67. The fraction of sp³-hybridized carbons (Fsp3) is 0.200. The molecule has 130 valence electrons. The molecule has 4 rings (SSSR count). The molecule has 0 amide bonds. The van der Waals surface area contributed by atoms with Crippen LogP contribution in [0.2, 0.25) is 5.02 Å². The van der Waals surface area contributed by atoms with Gasteiger partial charge in [0.1, 0.15) is 24.1 Å². The van der Waals surface area contributed by atoms with Crippen molar-refractivity contribution in [2.45, 2.75) is 18.9 Å². The Labute approximate surface area is 155 Å². The largest absolute Gasteiger partial charge is 0.366 e. The molecule has 4 nitrogen and oxygen atoms in total. The Morgan fingerprint density at radius 1 is 1.19 bits per heavy atom. The van der Waals surface area contributed by atoms with Gasteiger partial charge in [0, 0.05) is 23.2 Å². The number of halogens is 2. The zero-order chi connectivity index (χ0) is 17.9. The molecule has 0 saturated carbocycles. The highest BCUT2D eigenvalue weighted by atomic mass is 35.5. The number of anilines is 2. The van der Waals surface area contributed by atoms with Crippen molar-refractivity contribution < 1.29 is 9.13 Å². The first kappa shape index (κ1) is 16.8. The number of aromatic nitrogens is 2. The molecule has 1 aliphatic rings. The number of fused-ring (bicyclic) bond motifs is 1. The summed E-state index contributed by atoms with van der Waals surface area (Å²) in [5.41, 5.74) is 2.30. The van der Waals surface area contributed by atoms with E-state index in [0.29, 0.717) is 11.5 Å². The van der Waals surface area contributed by atoms with E-state index in [9.17, 15) is 4.39 Å². The van der Waals surface area contributed by atoms with Crippen molar-refractivity contribution in [3.8, 4) is 11.8 Å². The molecule has 6 heteroatoms. The summed E-state index contributed by atoms with van der Waals surface area (Å²) >= 11 is 5.83. The number of nitrogens with zero attached hydrogens (tertiary/aromatic N) is 2. The number of benzene rings is 2. The van der Waals surface area contributed by atoms with Crippen LogP contribution in [-0.2, 0) is 4.74 Å². The number of ether oxygens (including phenoxy) is 1. The van der Waals surface area contributed by atoms with Crippen LogP contribution in [0.1, 0.15) is 18.4 Å². The molecule has 0 spiro atoms. The molecule has 2 heterocycles. The monoisotopic (exact) mass is 367 g/mol. The maximum absolute atomic E-state index is 13.3. The van der Waals surface area contributed by atoms with Gasteiger partial charge < -0.3 is 10.1 Å². The molecule has 0 radical (unpaired) electrons. The minimum atomic E-state index is -0.459. The lowest BCUT2D eigenvalue weighted by molar-refractivity contribution is 0.152. The highest BCUT2D eigenvalue weighted by molar-refractivity contribution is 6.31. The van der Waals surface area contributed by atoms with Crippen LogP contribution in [0, 0.1) is 17.7 Å². The summed E-state index contributed by atoms with van der Waals surface area (Å²) < 4.78 is 18.8. The van der Waals surface area contributed by atoms with E-state index >= 15 is 0 Å². The van der Waals surface area contributed by atoms with E-state index in [1.807, 2.05) is 18.2 Å². The minimum Gasteiger partial charge on any atom is -0.366 e. The molecule has 1 atom stereocenters. The van der Waals surface area contributed by atoms with Crippen LogP contribution in [0.5, 0.6) is 0 Å². The maximum atomic E-state index is 13.3. The first-order valence-electron chi connectivity index (χ1n) is 8.29. The molecule has 1 fully saturated rings. The van der Waals surface area contributed by atoms with Gasteiger partial charge in [0.25, 0.3) is 0 Å². The Balaban J connectivity index is 1.63. The van der Waals surface area contributed by atoms with Crippen molar-refractivity contribution in [2.75, 3.05) is 11.9 Å². The third-order valence-corrected chi connectivity index (χ3v) is 4.42. The number of rotatable bonds is 2. The van der Waals surface area contributed by atoms with Crippen molar-refractivity contribution in [3.63, 3.8) is 0 Å². The van der Waals surface area contributed by atoms with Gasteiger partial charge in [0.2, 0.25) is 0 Å². The van der Waals surface area contributed by atoms with Gasteiger partial charge in [-0.25, -0.2) is 14.4 Å². The Bertz CT molecular complexity index is 1020. The fourth-order valence-corrected chi connectivity index (χ4v) is 2.98. The first-order chi connectivity index (χ1) is 12.7. The van der Waals surface area contributed by atoms with Crippen molar-refractivity contribution in [2.24, 2.45) is 0 Å². The molecule has 0 unspecified atom stereocenters. The van der Waals surface area contributed by atoms with Crippen LogP contribution in [-0.4, -0.2) is 22.7 Å². The van der Waals surface area contributed by atoms with E-state index in [1.165, 1.54) is 18.5 Å². The van der Waals surface area contributed by atoms with E-state index in [2.05, 4.69) is 27.1 Å². The van der Waals surface area contributed by atoms with Gasteiger partial charge in [-0.1, -0.05) is 23.4 Å². The van der Waals surface area contributed by atoms with Gasteiger partial charge in [-0.2, -0.15) is 0 Å². The summed E-state index contributed by atoms with van der Waals surface area (Å²) in [5.74, 6) is 6.46. The van der Waals surface area contributed by atoms with Gasteiger partial charge >= 0.3 is 0 Å². The van der Waals surface area contributed by atoms with Crippen molar-refractivity contribution >= 4 is 34.0 Å². The highest BCUT2D eigenvalue weighted by Crippen LogP contribution is 2.26. The Hall–Kier alpha value is -2.68. The standard InChI is InChI=1S/C20H15ClFN3O/c21-17-11-14(5-8-18(17)22)25-20-16-7-4-13(10-19(16)23-12-24-20)3-6-15-2-1-9-26-15/h4-5,7-8,10-12,15H,1-2,9H2,(H,23,24,25)/t15-/m1/s1. The highest BCUT2D eigenvalue weighted by Gasteiger charge is 2.12. The molecule has 2 aromatic carbocycles. The maximum Gasteiger partial charge on any atom is 0.141 e. The van der Waals surface area contributed by atoms with Gasteiger partial charge in [0.15, 0.2) is 0 Å². The summed E-state index contributed by atoms with van der Waals surface area (Å²) in [4.78, 5) is 8.60. The van der Waals surface area contributed by atoms with Gasteiger partial charge in [-0.05, 0) is 49.2 Å². The van der Waals surface area contributed by atoms with Crippen LogP contribution in [0.25, 0.3) is 10.9 Å². The lowest BCUT2D eigenvalue weighted by atomic mass is 10.1. The van der Waals surface area contributed by atoms with Crippen molar-refractivity contribution in [1.29, 1.82) is 0 Å². The number of hydrogen-bond donors (Lipinski definition) is 1. The average molecular weight is 368 g/mol. The lowest BCUT2D eigenvalue weighted by Crippen LogP contribution is -1.99. The Morgan fingerprint density at radius 3 is 2.92 bits per heavy atom. The fourth-order valence-electron chi connectivity index (χ4n) is 2.80. The van der Waals surface area contributed by atoms with Gasteiger partial charge in [0.05, 0.1) is 10.5 Å². The Kier molecular flexibility index (Phi) is 4.70. The molecule has 26 heavy (non-hydrogen) atoms. The lowest BCUT2D eigenvalue weighted by Gasteiger charge is -2.09. The topological polar surface area (TPSA) is 47.0 Å². The van der Waals surface area contributed by atoms with Crippen molar-refractivity contribution in [3.05, 3.63) is 59.1 Å². The summed E-state index contributed by atoms with van der Waals surface area (Å²) in [5, 5.41) is 4.05. The third-order valence-electron chi connectivity index (χ3n) is 4.13. The minimum absolute atomic E-state index is 0.0246. The quantitative estimate of drug-likeness (QED) is 0.667. The molecule has 1 aliphatic heterocycles. The van der Waals surface area contributed by atoms with Crippen LogP contribution < -0.4 is 5.32 Å². The van der Waals surface area contributed by atoms with Gasteiger partial charge in [-0.3, -0.25) is 0 Å². The summed E-state index contributed by atoms with van der Waals surface area (Å²) in [6.07, 6.45) is 3.55. The van der Waals surface area contributed by atoms with Crippen molar-refractivity contribution in [1.82, 2.24) is 9.97 Å². The second-order valence-electron chi connectivity index (χ2n) is 5.98. The molecule has 0 aliphatic carbocycles. The molecule has 1 saturated heterocycles. The normalized spacial score (nSPS) is 16.3. The van der Waals surface area contributed by atoms with Crippen LogP contribution in [0.15, 0.2) is 42.7 Å². The van der Waals surface area contributed by atoms with E-state index < -0.39 is 5.82 Å². The molecular weight excluding hydrogens is 353 g/mol. The molecular formula is C20H15ClFN3O. The molecule has 1 aromatic heterocycles. The predicted molar refractivity (Wildman–Crippen MR) is 100 cm³/mol. The zero-order valence-electron chi connectivity index (χ0n) is 13.8. The summed E-state index contributed by atoms with van der Waals surface area (Å²) in [7, 11) is 0. The Morgan fingerprint density at radius 2 is 2.12 bits per heavy atom. The van der Waals surface area contributed by atoms with Crippen LogP contribution in [0.3, 0.4) is 0 Å². The molecule has 3 aromatic rings. The molecule has 0 bridgehead atoms. The van der Waals surface area contributed by atoms with E-state index in [-0.39, 0.29) is 11.1 Å². The number of hydrogen-bond acceptors (Lipinski definition) is 4. The summed E-state index contributed by atoms with van der Waals surface area (Å²) in [6.45, 7) is 0.784.